The lowest BCUT2D eigenvalue weighted by Gasteiger charge is -2.29. The third kappa shape index (κ3) is 4.06. The van der Waals surface area contributed by atoms with Gasteiger partial charge in [-0.1, -0.05) is 19.3 Å². The fraction of sp³-hybridized carbons (Fsp3) is 0.391. The van der Waals surface area contributed by atoms with Gasteiger partial charge in [0, 0.05) is 17.1 Å². The number of aromatic nitrogens is 1. The van der Waals surface area contributed by atoms with E-state index in [-0.39, 0.29) is 28.6 Å². The lowest BCUT2D eigenvalue weighted by atomic mass is 9.94. The molecular formula is C23H21N3O5S. The highest BCUT2D eigenvalue weighted by Crippen LogP contribution is 2.31. The number of rotatable bonds is 6. The summed E-state index contributed by atoms with van der Waals surface area (Å²) in [6, 6.07) is 5.99. The van der Waals surface area contributed by atoms with Gasteiger partial charge in [0.15, 0.2) is 18.3 Å². The Morgan fingerprint density at radius 3 is 2.59 bits per heavy atom. The summed E-state index contributed by atoms with van der Waals surface area (Å²) < 4.78 is 5.09. The number of thiazole rings is 1. The maximum atomic E-state index is 12.9. The molecule has 1 saturated carbocycles. The average molecular weight is 452 g/mol. The van der Waals surface area contributed by atoms with Gasteiger partial charge in [0.2, 0.25) is 0 Å². The summed E-state index contributed by atoms with van der Waals surface area (Å²) in [7, 11) is 0. The molecule has 2 aliphatic rings. The van der Waals surface area contributed by atoms with Gasteiger partial charge < -0.3 is 4.74 Å². The van der Waals surface area contributed by atoms with Crippen LogP contribution in [-0.2, 0) is 9.53 Å². The van der Waals surface area contributed by atoms with Crippen LogP contribution in [0, 0.1) is 18.3 Å². The molecule has 2 heterocycles. The van der Waals surface area contributed by atoms with E-state index in [0.717, 1.165) is 32.1 Å². The number of benzene rings is 1. The number of nitriles is 1. The Kier molecular flexibility index (Phi) is 6.15. The number of hydrogen-bond donors (Lipinski definition) is 0. The smallest absolute Gasteiger partial charge is 0.338 e. The number of amides is 2. The largest absolute Gasteiger partial charge is 0.454 e. The molecule has 8 nitrogen and oxygen atoms in total. The van der Waals surface area contributed by atoms with Crippen molar-refractivity contribution in [2.75, 3.05) is 6.61 Å². The fourth-order valence-electron chi connectivity index (χ4n) is 4.13. The Hall–Kier alpha value is -3.38. The lowest BCUT2D eigenvalue weighted by Crippen LogP contribution is -2.40. The number of carbonyl (C=O) groups excluding carboxylic acids is 4. The standard InChI is InChI=1S/C23H21N3O5S/c1-13-12-32-20(25-13)18(10-24)19(27)11-31-23(30)14-7-8-16-17(9-14)22(29)26(21(16)28)15-5-3-2-4-6-15/h7-9,12,15,18H,2-6,11H2,1H3. The van der Waals surface area contributed by atoms with Crippen LogP contribution < -0.4 is 0 Å². The van der Waals surface area contributed by atoms with Gasteiger partial charge in [0.05, 0.1) is 22.8 Å². The molecule has 0 bridgehead atoms. The maximum absolute atomic E-state index is 12.9. The zero-order chi connectivity index (χ0) is 22.8. The number of imide groups is 1. The molecular weight excluding hydrogens is 430 g/mol. The predicted molar refractivity (Wildman–Crippen MR) is 114 cm³/mol. The van der Waals surface area contributed by atoms with Crippen LogP contribution >= 0.6 is 11.3 Å². The molecule has 0 N–H and O–H groups in total. The quantitative estimate of drug-likeness (QED) is 0.488. The molecule has 0 saturated heterocycles. The van der Waals surface area contributed by atoms with Crippen molar-refractivity contribution in [3.8, 4) is 6.07 Å². The molecule has 9 heteroatoms. The second-order valence-corrected chi connectivity index (χ2v) is 8.85. The van der Waals surface area contributed by atoms with Crippen LogP contribution in [0.4, 0.5) is 0 Å². The van der Waals surface area contributed by atoms with Gasteiger partial charge in [-0.05, 0) is 38.0 Å². The first-order valence-corrected chi connectivity index (χ1v) is 11.3. The van der Waals surface area contributed by atoms with E-state index in [9.17, 15) is 24.4 Å². The minimum absolute atomic E-state index is 0.0711. The summed E-state index contributed by atoms with van der Waals surface area (Å²) in [5.74, 6) is -3.21. The molecule has 1 unspecified atom stereocenters. The Balaban J connectivity index is 1.44. The highest BCUT2D eigenvalue weighted by molar-refractivity contribution is 7.09. The van der Waals surface area contributed by atoms with Crippen molar-refractivity contribution >= 4 is 34.9 Å². The van der Waals surface area contributed by atoms with Gasteiger partial charge >= 0.3 is 5.97 Å². The zero-order valence-corrected chi connectivity index (χ0v) is 18.3. The fourth-order valence-corrected chi connectivity index (χ4v) is 4.99. The summed E-state index contributed by atoms with van der Waals surface area (Å²) in [5.41, 5.74) is 1.22. The first-order chi connectivity index (χ1) is 15.4. The molecule has 0 radical (unpaired) electrons. The van der Waals surface area contributed by atoms with Gasteiger partial charge in [-0.25, -0.2) is 9.78 Å². The van der Waals surface area contributed by atoms with Crippen molar-refractivity contribution in [2.45, 2.75) is 51.0 Å². The number of Topliss-reactive ketones (excluding diaryl/α,β-unsaturated/α-hetero) is 1. The number of fused-ring (bicyclic) bond motifs is 1. The molecule has 1 aromatic carbocycles. The number of hydrogen-bond acceptors (Lipinski definition) is 8. The Morgan fingerprint density at radius 1 is 1.22 bits per heavy atom. The third-order valence-corrected chi connectivity index (χ3v) is 6.80. The van der Waals surface area contributed by atoms with Gasteiger partial charge in [-0.3, -0.25) is 19.3 Å². The van der Waals surface area contributed by atoms with Crippen molar-refractivity contribution in [2.24, 2.45) is 0 Å². The second kappa shape index (κ2) is 9.01. The van der Waals surface area contributed by atoms with Crippen LogP contribution in [0.25, 0.3) is 0 Å². The maximum Gasteiger partial charge on any atom is 0.338 e. The molecule has 1 fully saturated rings. The molecule has 0 spiro atoms. The van der Waals surface area contributed by atoms with E-state index < -0.39 is 30.2 Å². The summed E-state index contributed by atoms with van der Waals surface area (Å²) >= 11 is 1.20. The number of nitrogens with zero attached hydrogens (tertiary/aromatic N) is 3. The van der Waals surface area contributed by atoms with Gasteiger partial charge in [-0.15, -0.1) is 11.3 Å². The molecule has 2 amide bonds. The van der Waals surface area contributed by atoms with E-state index in [1.807, 2.05) is 6.07 Å². The van der Waals surface area contributed by atoms with E-state index in [1.165, 1.54) is 34.4 Å². The Morgan fingerprint density at radius 2 is 1.94 bits per heavy atom. The number of esters is 1. The summed E-state index contributed by atoms with van der Waals surface area (Å²) in [6.45, 7) is 1.17. The molecule has 1 aromatic heterocycles. The van der Waals surface area contributed by atoms with Crippen molar-refractivity contribution in [3.05, 3.63) is 51.0 Å². The van der Waals surface area contributed by atoms with Gasteiger partial charge in [0.1, 0.15) is 5.01 Å². The van der Waals surface area contributed by atoms with E-state index >= 15 is 0 Å². The highest BCUT2D eigenvalue weighted by atomic mass is 32.1. The first-order valence-electron chi connectivity index (χ1n) is 10.4. The van der Waals surface area contributed by atoms with Crippen molar-refractivity contribution in [3.63, 3.8) is 0 Å². The number of carbonyl (C=O) groups is 4. The molecule has 1 aliphatic heterocycles. The molecule has 32 heavy (non-hydrogen) atoms. The van der Waals surface area contributed by atoms with E-state index in [0.29, 0.717) is 10.7 Å². The van der Waals surface area contributed by atoms with Crippen LogP contribution in [0.1, 0.15) is 79.8 Å². The lowest BCUT2D eigenvalue weighted by molar-refractivity contribution is -0.122. The third-order valence-electron chi connectivity index (χ3n) is 5.77. The molecule has 2 aromatic rings. The van der Waals surface area contributed by atoms with Gasteiger partial charge in [0.25, 0.3) is 11.8 Å². The Labute approximate surface area is 188 Å². The second-order valence-electron chi connectivity index (χ2n) is 7.96. The summed E-state index contributed by atoms with van der Waals surface area (Å²) in [4.78, 5) is 56.0. The minimum atomic E-state index is -1.11. The first kappa shape index (κ1) is 21.8. The number of ketones is 1. The normalized spacial score (nSPS) is 17.1. The average Bonchev–Trinajstić information content (AvgIpc) is 3.33. The van der Waals surface area contributed by atoms with Crippen molar-refractivity contribution in [1.82, 2.24) is 9.88 Å². The number of ether oxygens (including phenoxy) is 1. The van der Waals surface area contributed by atoms with Crippen molar-refractivity contribution < 1.29 is 23.9 Å². The van der Waals surface area contributed by atoms with Crippen LogP contribution in [0.15, 0.2) is 23.6 Å². The highest BCUT2D eigenvalue weighted by Gasteiger charge is 2.40. The molecule has 1 atom stereocenters. The van der Waals surface area contributed by atoms with Crippen LogP contribution in [0.2, 0.25) is 0 Å². The van der Waals surface area contributed by atoms with E-state index in [2.05, 4.69) is 4.98 Å². The number of aryl methyl sites for hydroxylation is 1. The monoisotopic (exact) mass is 451 g/mol. The topological polar surface area (TPSA) is 117 Å². The molecule has 1 aliphatic carbocycles. The van der Waals surface area contributed by atoms with Crippen molar-refractivity contribution in [1.29, 1.82) is 5.26 Å². The minimum Gasteiger partial charge on any atom is -0.454 e. The summed E-state index contributed by atoms with van der Waals surface area (Å²) in [5, 5.41) is 11.4. The molecule has 4 rings (SSSR count). The molecule has 164 valence electrons. The van der Waals surface area contributed by atoms with Crippen LogP contribution in [-0.4, -0.2) is 46.1 Å². The van der Waals surface area contributed by atoms with E-state index in [1.54, 1.807) is 12.3 Å². The Bertz CT molecular complexity index is 1140. The summed E-state index contributed by atoms with van der Waals surface area (Å²) in [6.07, 6.45) is 4.65. The van der Waals surface area contributed by atoms with E-state index in [4.69, 9.17) is 4.74 Å². The zero-order valence-electron chi connectivity index (χ0n) is 17.5. The van der Waals surface area contributed by atoms with Gasteiger partial charge in [-0.2, -0.15) is 5.26 Å². The van der Waals surface area contributed by atoms with Crippen LogP contribution in [0.3, 0.4) is 0 Å². The SMILES string of the molecule is Cc1csc(C(C#N)C(=O)COC(=O)c2ccc3c(c2)C(=O)N(C2CCCCC2)C3=O)n1. The van der Waals surface area contributed by atoms with Crippen LogP contribution in [0.5, 0.6) is 0 Å². The predicted octanol–water partition coefficient (Wildman–Crippen LogP) is 3.41.